The minimum absolute atomic E-state index is 0.178. The first-order valence-corrected chi connectivity index (χ1v) is 8.29. The molecule has 0 aliphatic carbocycles. The zero-order valence-corrected chi connectivity index (χ0v) is 14.8. The minimum Gasteiger partial charge on any atom is -0.443 e. The molecule has 0 unspecified atom stereocenters. The second-order valence-electron chi connectivity index (χ2n) is 7.15. The molecule has 4 rings (SSSR count). The molecule has 0 saturated carbocycles. The maximum absolute atomic E-state index is 12.7. The van der Waals surface area contributed by atoms with Gasteiger partial charge in [-0.3, -0.25) is 14.2 Å². The van der Waals surface area contributed by atoms with Gasteiger partial charge in [0.2, 0.25) is 0 Å². The molecule has 3 aromatic rings. The summed E-state index contributed by atoms with van der Waals surface area (Å²) in [6, 6.07) is 5.47. The van der Waals surface area contributed by atoms with Crippen molar-refractivity contribution < 1.29 is 14.3 Å². The van der Waals surface area contributed by atoms with E-state index in [1.807, 2.05) is 22.7 Å². The molecule has 1 aromatic carbocycles. The standard InChI is InChI=1S/C19H18N4O3/c1-19(2,3)26-18(25)23-11-14-12(5-4-6-13(14)17(23)24)15-9-21-16-10-20-7-8-22(15)16/h4-10H,11H2,1-3H3. The van der Waals surface area contributed by atoms with Gasteiger partial charge in [0.05, 0.1) is 24.6 Å². The second-order valence-corrected chi connectivity index (χ2v) is 7.15. The van der Waals surface area contributed by atoms with Crippen LogP contribution in [0.25, 0.3) is 16.9 Å². The van der Waals surface area contributed by atoms with Crippen LogP contribution in [0.4, 0.5) is 4.79 Å². The van der Waals surface area contributed by atoms with Gasteiger partial charge in [-0.2, -0.15) is 0 Å². The highest BCUT2D eigenvalue weighted by molar-refractivity contribution is 6.07. The zero-order valence-electron chi connectivity index (χ0n) is 14.8. The van der Waals surface area contributed by atoms with Gasteiger partial charge in [0, 0.05) is 23.5 Å². The van der Waals surface area contributed by atoms with E-state index < -0.39 is 11.7 Å². The van der Waals surface area contributed by atoms with Crippen molar-refractivity contribution in [1.82, 2.24) is 19.3 Å². The Morgan fingerprint density at radius 2 is 1.96 bits per heavy atom. The first-order valence-electron chi connectivity index (χ1n) is 8.29. The number of nitrogens with zero attached hydrogens (tertiary/aromatic N) is 4. The van der Waals surface area contributed by atoms with Gasteiger partial charge in [-0.25, -0.2) is 14.7 Å². The van der Waals surface area contributed by atoms with E-state index in [9.17, 15) is 9.59 Å². The molecule has 26 heavy (non-hydrogen) atoms. The monoisotopic (exact) mass is 350 g/mol. The van der Waals surface area contributed by atoms with E-state index in [0.29, 0.717) is 11.2 Å². The van der Waals surface area contributed by atoms with E-state index in [2.05, 4.69) is 9.97 Å². The van der Waals surface area contributed by atoms with E-state index in [0.717, 1.165) is 21.7 Å². The highest BCUT2D eigenvalue weighted by Gasteiger charge is 2.36. The number of benzene rings is 1. The van der Waals surface area contributed by atoms with E-state index in [1.165, 1.54) is 0 Å². The van der Waals surface area contributed by atoms with Crippen molar-refractivity contribution >= 4 is 17.6 Å². The van der Waals surface area contributed by atoms with Crippen LogP contribution in [0.3, 0.4) is 0 Å². The Balaban J connectivity index is 1.76. The summed E-state index contributed by atoms with van der Waals surface area (Å²) in [4.78, 5) is 34.7. The molecule has 2 aromatic heterocycles. The van der Waals surface area contributed by atoms with Crippen LogP contribution in [0.15, 0.2) is 43.0 Å². The van der Waals surface area contributed by atoms with Crippen LogP contribution in [0.2, 0.25) is 0 Å². The largest absolute Gasteiger partial charge is 0.443 e. The second kappa shape index (κ2) is 5.66. The maximum Gasteiger partial charge on any atom is 0.417 e. The predicted octanol–water partition coefficient (Wildman–Crippen LogP) is 3.29. The molecule has 0 fully saturated rings. The van der Waals surface area contributed by atoms with E-state index >= 15 is 0 Å². The third-order valence-electron chi connectivity index (χ3n) is 4.17. The molecule has 1 aliphatic rings. The number of imidazole rings is 1. The molecule has 0 N–H and O–H groups in total. The molecule has 1 aliphatic heterocycles. The van der Waals surface area contributed by atoms with Gasteiger partial charge < -0.3 is 4.74 Å². The summed E-state index contributed by atoms with van der Waals surface area (Å²) in [6.45, 7) is 5.50. The Labute approximate surface area is 150 Å². The van der Waals surface area contributed by atoms with Crippen molar-refractivity contribution in [1.29, 1.82) is 0 Å². The van der Waals surface area contributed by atoms with Gasteiger partial charge in [0.25, 0.3) is 5.91 Å². The summed E-state index contributed by atoms with van der Waals surface area (Å²) in [5.74, 6) is -0.341. The fourth-order valence-electron chi connectivity index (χ4n) is 3.08. The number of carbonyl (C=O) groups excluding carboxylic acids is 2. The third-order valence-corrected chi connectivity index (χ3v) is 4.17. The summed E-state index contributed by atoms with van der Waals surface area (Å²) in [7, 11) is 0. The maximum atomic E-state index is 12.7. The van der Waals surface area contributed by atoms with Crippen molar-refractivity contribution in [2.45, 2.75) is 32.9 Å². The van der Waals surface area contributed by atoms with Crippen LogP contribution in [0, 0.1) is 0 Å². The summed E-state index contributed by atoms with van der Waals surface area (Å²) in [6.07, 6.45) is 6.28. The van der Waals surface area contributed by atoms with Gasteiger partial charge in [0.1, 0.15) is 5.60 Å². The number of imide groups is 1. The average molecular weight is 350 g/mol. The van der Waals surface area contributed by atoms with Gasteiger partial charge in [-0.05, 0) is 32.4 Å². The van der Waals surface area contributed by atoms with Crippen molar-refractivity contribution in [3.8, 4) is 11.3 Å². The number of ether oxygens (including phenoxy) is 1. The average Bonchev–Trinajstić information content (AvgIpc) is 3.15. The van der Waals surface area contributed by atoms with Crippen LogP contribution in [-0.4, -0.2) is 36.9 Å². The number of fused-ring (bicyclic) bond motifs is 2. The lowest BCUT2D eigenvalue weighted by molar-refractivity contribution is 0.0248. The van der Waals surface area contributed by atoms with Crippen molar-refractivity contribution in [3.05, 3.63) is 54.1 Å². The quantitative estimate of drug-likeness (QED) is 0.673. The molecular formula is C19H18N4O3. The van der Waals surface area contributed by atoms with E-state index in [-0.39, 0.29) is 12.5 Å². The smallest absolute Gasteiger partial charge is 0.417 e. The summed E-state index contributed by atoms with van der Waals surface area (Å²) in [5.41, 5.74) is 3.07. The number of hydrogen-bond donors (Lipinski definition) is 0. The lowest BCUT2D eigenvalue weighted by Gasteiger charge is -2.23. The Morgan fingerprint density at radius 1 is 1.19 bits per heavy atom. The van der Waals surface area contributed by atoms with E-state index in [1.54, 1.807) is 45.4 Å². The molecule has 7 nitrogen and oxygen atoms in total. The lowest BCUT2D eigenvalue weighted by Crippen LogP contribution is -2.36. The number of hydrogen-bond acceptors (Lipinski definition) is 5. The molecule has 7 heteroatoms. The minimum atomic E-state index is -0.663. The van der Waals surface area contributed by atoms with Crippen molar-refractivity contribution in [2.75, 3.05) is 0 Å². The van der Waals surface area contributed by atoms with Gasteiger partial charge in [-0.15, -0.1) is 0 Å². The molecule has 0 spiro atoms. The van der Waals surface area contributed by atoms with Gasteiger partial charge in [0.15, 0.2) is 5.65 Å². The lowest BCUT2D eigenvalue weighted by atomic mass is 10.0. The molecule has 0 bridgehead atoms. The Kier molecular flexibility index (Phi) is 3.54. The van der Waals surface area contributed by atoms with Crippen LogP contribution in [-0.2, 0) is 11.3 Å². The highest BCUT2D eigenvalue weighted by Crippen LogP contribution is 2.33. The topological polar surface area (TPSA) is 76.8 Å². The molecule has 0 radical (unpaired) electrons. The van der Waals surface area contributed by atoms with Gasteiger partial charge in [-0.1, -0.05) is 12.1 Å². The predicted molar refractivity (Wildman–Crippen MR) is 94.5 cm³/mol. The molecule has 132 valence electrons. The van der Waals surface area contributed by atoms with Crippen molar-refractivity contribution in [3.63, 3.8) is 0 Å². The SMILES string of the molecule is CC(C)(C)OC(=O)N1Cc2c(cccc2-c2cnc3cnccn23)C1=O. The van der Waals surface area contributed by atoms with Crippen LogP contribution in [0.1, 0.15) is 36.7 Å². The van der Waals surface area contributed by atoms with Crippen LogP contribution in [0.5, 0.6) is 0 Å². The van der Waals surface area contributed by atoms with Gasteiger partial charge >= 0.3 is 6.09 Å². The number of aromatic nitrogens is 3. The molecule has 3 heterocycles. The Bertz CT molecular complexity index is 1030. The molecule has 0 atom stereocenters. The fraction of sp³-hybridized carbons (Fsp3) is 0.263. The van der Waals surface area contributed by atoms with Crippen LogP contribution >= 0.6 is 0 Å². The summed E-state index contributed by atoms with van der Waals surface area (Å²) < 4.78 is 7.27. The first-order chi connectivity index (χ1) is 12.3. The molecule has 0 saturated heterocycles. The summed E-state index contributed by atoms with van der Waals surface area (Å²) in [5, 5.41) is 0. The highest BCUT2D eigenvalue weighted by atomic mass is 16.6. The van der Waals surface area contributed by atoms with E-state index in [4.69, 9.17) is 4.74 Å². The Hall–Kier alpha value is -3.22. The normalized spacial score (nSPS) is 14.0. The zero-order chi connectivity index (χ0) is 18.5. The number of rotatable bonds is 1. The molecular weight excluding hydrogens is 332 g/mol. The number of carbonyl (C=O) groups is 2. The molecule has 2 amide bonds. The van der Waals surface area contributed by atoms with Crippen molar-refractivity contribution in [2.24, 2.45) is 0 Å². The van der Waals surface area contributed by atoms with Crippen LogP contribution < -0.4 is 0 Å². The first kappa shape index (κ1) is 16.3. The Morgan fingerprint density at radius 3 is 2.73 bits per heavy atom. The fourth-order valence-corrected chi connectivity index (χ4v) is 3.08. The number of amides is 2. The summed E-state index contributed by atoms with van der Waals surface area (Å²) >= 11 is 0. The third kappa shape index (κ3) is 2.61.